The van der Waals surface area contributed by atoms with E-state index in [1.807, 2.05) is 27.7 Å². The van der Waals surface area contributed by atoms with Gasteiger partial charge in [-0.05, 0) is 27.7 Å². The van der Waals surface area contributed by atoms with E-state index in [1.165, 1.54) is 0 Å². The van der Waals surface area contributed by atoms with Crippen LogP contribution in [0.25, 0.3) is 0 Å². The molecule has 0 aromatic carbocycles. The van der Waals surface area contributed by atoms with E-state index < -0.39 is 5.60 Å². The first kappa shape index (κ1) is 19.9. The monoisotopic (exact) mass is 302 g/mol. The average Bonchev–Trinajstić information content (AvgIpc) is 2.36. The Bertz CT molecular complexity index is 334. The summed E-state index contributed by atoms with van der Waals surface area (Å²) < 4.78 is 16.2. The van der Waals surface area contributed by atoms with Crippen LogP contribution >= 0.6 is 0 Å². The minimum Gasteiger partial charge on any atom is -0.466 e. The number of hydrogen-bond acceptors (Lipinski definition) is 5. The zero-order valence-electron chi connectivity index (χ0n) is 14.3. The first-order valence-corrected chi connectivity index (χ1v) is 7.63. The van der Waals surface area contributed by atoms with Gasteiger partial charge < -0.3 is 14.2 Å². The molecule has 5 nitrogen and oxygen atoms in total. The molecule has 0 amide bonds. The summed E-state index contributed by atoms with van der Waals surface area (Å²) in [6, 6.07) is 0. The topological polar surface area (TPSA) is 61.8 Å². The van der Waals surface area contributed by atoms with E-state index in [2.05, 4.69) is 0 Å². The predicted octanol–water partition coefficient (Wildman–Crippen LogP) is 3.25. The molecule has 0 rings (SSSR count). The van der Waals surface area contributed by atoms with Crippen molar-refractivity contribution in [2.75, 3.05) is 13.2 Å². The summed E-state index contributed by atoms with van der Waals surface area (Å²) in [5.74, 6) is -0.399. The molecule has 5 heteroatoms. The number of carbonyl (C=O) groups is 2. The van der Waals surface area contributed by atoms with Gasteiger partial charge in [0.2, 0.25) is 0 Å². The first-order valence-electron chi connectivity index (χ1n) is 7.63. The lowest BCUT2D eigenvalue weighted by Gasteiger charge is -2.29. The molecule has 0 unspecified atom stereocenters. The Morgan fingerprint density at radius 1 is 0.810 bits per heavy atom. The highest BCUT2D eigenvalue weighted by molar-refractivity contribution is 5.69. The van der Waals surface area contributed by atoms with Gasteiger partial charge in [-0.2, -0.15) is 0 Å². The zero-order valence-corrected chi connectivity index (χ0v) is 14.3. The van der Waals surface area contributed by atoms with Crippen molar-refractivity contribution < 1.29 is 23.8 Å². The minimum absolute atomic E-state index is 0.196. The molecule has 0 aliphatic carbocycles. The van der Waals surface area contributed by atoms with Crippen LogP contribution in [0, 0.1) is 0 Å². The van der Waals surface area contributed by atoms with Crippen LogP contribution in [-0.4, -0.2) is 36.4 Å². The normalized spacial score (nSPS) is 12.1. The second-order valence-corrected chi connectivity index (χ2v) is 6.27. The van der Waals surface area contributed by atoms with E-state index in [4.69, 9.17) is 14.2 Å². The number of carbonyl (C=O) groups excluding carboxylic acids is 2. The zero-order chi connectivity index (χ0) is 16.5. The van der Waals surface area contributed by atoms with Gasteiger partial charge in [0.25, 0.3) is 0 Å². The molecule has 0 fully saturated rings. The van der Waals surface area contributed by atoms with Crippen molar-refractivity contribution >= 4 is 11.9 Å². The number of rotatable bonds is 10. The maximum absolute atomic E-state index is 11.3. The second kappa shape index (κ2) is 9.03. The molecular weight excluding hydrogens is 272 g/mol. The molecule has 124 valence electrons. The third kappa shape index (κ3) is 10.3. The molecular formula is C16H30O5. The fourth-order valence-corrected chi connectivity index (χ4v) is 1.59. The quantitative estimate of drug-likeness (QED) is 0.580. The summed E-state index contributed by atoms with van der Waals surface area (Å²) in [5, 5.41) is 0. The smallest absolute Gasteiger partial charge is 0.306 e. The molecule has 0 saturated heterocycles. The van der Waals surface area contributed by atoms with E-state index in [1.54, 1.807) is 13.8 Å². The molecule has 0 spiro atoms. The SMILES string of the molecule is CCC(=O)OCCC(C)(C)OCCC(C)(C)OC(=O)CC. The third-order valence-electron chi connectivity index (χ3n) is 3.13. The van der Waals surface area contributed by atoms with Crippen LogP contribution in [0.5, 0.6) is 0 Å². The van der Waals surface area contributed by atoms with Crippen molar-refractivity contribution in [3.05, 3.63) is 0 Å². The molecule has 0 N–H and O–H groups in total. The van der Waals surface area contributed by atoms with Crippen LogP contribution in [0.3, 0.4) is 0 Å². The highest BCUT2D eigenvalue weighted by Gasteiger charge is 2.25. The fraction of sp³-hybridized carbons (Fsp3) is 0.875. The van der Waals surface area contributed by atoms with Crippen molar-refractivity contribution in [2.24, 2.45) is 0 Å². The summed E-state index contributed by atoms with van der Waals surface area (Å²) in [6.07, 6.45) is 2.02. The minimum atomic E-state index is -0.530. The van der Waals surface area contributed by atoms with E-state index in [9.17, 15) is 9.59 Å². The van der Waals surface area contributed by atoms with Crippen molar-refractivity contribution in [1.82, 2.24) is 0 Å². The van der Waals surface area contributed by atoms with Gasteiger partial charge in [-0.25, -0.2) is 0 Å². The second-order valence-electron chi connectivity index (χ2n) is 6.27. The van der Waals surface area contributed by atoms with Gasteiger partial charge in [0.1, 0.15) is 5.60 Å². The first-order chi connectivity index (χ1) is 9.62. The van der Waals surface area contributed by atoms with Crippen LogP contribution in [-0.2, 0) is 23.8 Å². The van der Waals surface area contributed by atoms with Gasteiger partial charge in [-0.3, -0.25) is 9.59 Å². The molecule has 0 aliphatic rings. The largest absolute Gasteiger partial charge is 0.466 e. The molecule has 0 saturated carbocycles. The Kier molecular flexibility index (Phi) is 8.55. The predicted molar refractivity (Wildman–Crippen MR) is 81.0 cm³/mol. The van der Waals surface area contributed by atoms with Crippen molar-refractivity contribution in [3.8, 4) is 0 Å². The lowest BCUT2D eigenvalue weighted by atomic mass is 10.0. The third-order valence-corrected chi connectivity index (χ3v) is 3.13. The Morgan fingerprint density at radius 3 is 1.86 bits per heavy atom. The summed E-state index contributed by atoms with van der Waals surface area (Å²) in [6.45, 7) is 12.0. The Labute approximate surface area is 128 Å². The molecule has 0 aromatic rings. The van der Waals surface area contributed by atoms with Crippen LogP contribution in [0.2, 0.25) is 0 Å². The molecule has 21 heavy (non-hydrogen) atoms. The van der Waals surface area contributed by atoms with Gasteiger partial charge in [0.15, 0.2) is 0 Å². The van der Waals surface area contributed by atoms with Gasteiger partial charge in [-0.15, -0.1) is 0 Å². The summed E-state index contributed by atoms with van der Waals surface area (Å²) in [4.78, 5) is 22.4. The maximum atomic E-state index is 11.3. The molecule has 0 bridgehead atoms. The van der Waals surface area contributed by atoms with E-state index >= 15 is 0 Å². The fourth-order valence-electron chi connectivity index (χ4n) is 1.59. The number of esters is 2. The molecule has 0 aromatic heterocycles. The van der Waals surface area contributed by atoms with Crippen LogP contribution < -0.4 is 0 Å². The van der Waals surface area contributed by atoms with Crippen LogP contribution in [0.1, 0.15) is 67.2 Å². The van der Waals surface area contributed by atoms with Crippen molar-refractivity contribution in [3.63, 3.8) is 0 Å². The lowest BCUT2D eigenvalue weighted by molar-refractivity contribution is -0.158. The van der Waals surface area contributed by atoms with Gasteiger partial charge in [-0.1, -0.05) is 13.8 Å². The standard InChI is InChI=1S/C16H30O5/c1-7-13(17)19-11-9-15(3,4)20-12-10-16(5,6)21-14(18)8-2/h7-12H2,1-6H3. The Balaban J connectivity index is 4.02. The molecule has 0 atom stereocenters. The van der Waals surface area contributed by atoms with Gasteiger partial charge in [0, 0.05) is 25.7 Å². The van der Waals surface area contributed by atoms with Crippen molar-refractivity contribution in [2.45, 2.75) is 78.4 Å². The number of ether oxygens (including phenoxy) is 3. The Hall–Kier alpha value is -1.10. The summed E-state index contributed by atoms with van der Waals surface area (Å²) >= 11 is 0. The highest BCUT2D eigenvalue weighted by atomic mass is 16.6. The van der Waals surface area contributed by atoms with Crippen LogP contribution in [0.15, 0.2) is 0 Å². The molecule has 0 aliphatic heterocycles. The summed E-state index contributed by atoms with van der Waals surface area (Å²) in [5.41, 5.74) is -0.906. The van der Waals surface area contributed by atoms with E-state index in [-0.39, 0.29) is 17.5 Å². The molecule has 0 radical (unpaired) electrons. The number of hydrogen-bond donors (Lipinski definition) is 0. The average molecular weight is 302 g/mol. The maximum Gasteiger partial charge on any atom is 0.306 e. The van der Waals surface area contributed by atoms with Gasteiger partial charge >= 0.3 is 11.9 Å². The van der Waals surface area contributed by atoms with Crippen molar-refractivity contribution in [1.29, 1.82) is 0 Å². The van der Waals surface area contributed by atoms with Crippen LogP contribution in [0.4, 0.5) is 0 Å². The summed E-state index contributed by atoms with van der Waals surface area (Å²) in [7, 11) is 0. The lowest BCUT2D eigenvalue weighted by Crippen LogP contribution is -2.33. The van der Waals surface area contributed by atoms with E-state index in [0.29, 0.717) is 38.9 Å². The van der Waals surface area contributed by atoms with Gasteiger partial charge in [0.05, 0.1) is 18.8 Å². The van der Waals surface area contributed by atoms with E-state index in [0.717, 1.165) is 0 Å². The molecule has 0 heterocycles. The Morgan fingerprint density at radius 2 is 1.33 bits per heavy atom. The highest BCUT2D eigenvalue weighted by Crippen LogP contribution is 2.20.